The first-order valence-electron chi connectivity index (χ1n) is 11.0. The number of aliphatic hydroxyl groups excluding tert-OH is 1. The maximum atomic E-state index is 15.0. The molecule has 2 atom stereocenters. The molecule has 1 saturated heterocycles. The number of aliphatic hydroxyl groups is 1. The van der Waals surface area contributed by atoms with Crippen molar-refractivity contribution in [3.63, 3.8) is 0 Å². The van der Waals surface area contributed by atoms with Gasteiger partial charge < -0.3 is 29.3 Å². The van der Waals surface area contributed by atoms with Gasteiger partial charge in [0.2, 0.25) is 5.91 Å². The molecule has 1 aromatic carbocycles. The quantitative estimate of drug-likeness (QED) is 0.568. The van der Waals surface area contributed by atoms with E-state index in [1.54, 1.807) is 18.2 Å². The molecule has 2 aliphatic rings. The Morgan fingerprint density at radius 2 is 2.20 bits per heavy atom. The molecular formula is C23H25FN4O7. The van der Waals surface area contributed by atoms with Crippen molar-refractivity contribution in [3.05, 3.63) is 48.0 Å². The summed E-state index contributed by atoms with van der Waals surface area (Å²) in [5.41, 5.74) is 1.43. The minimum absolute atomic E-state index is 0.0786. The Morgan fingerprint density at radius 1 is 1.37 bits per heavy atom. The van der Waals surface area contributed by atoms with Crippen LogP contribution < -0.4 is 15.0 Å². The number of benzene rings is 1. The number of nitrogens with one attached hydrogen (secondary N) is 1. The Hall–Kier alpha value is -3.93. The molecule has 0 spiro atoms. The number of carbonyl (C=O) groups excluding carboxylic acids is 3. The second-order valence-corrected chi connectivity index (χ2v) is 8.09. The molecule has 3 heterocycles. The summed E-state index contributed by atoms with van der Waals surface area (Å²) in [4.78, 5) is 38.8. The molecule has 0 saturated carbocycles. The smallest absolute Gasteiger partial charge is 0.414 e. The first-order valence-corrected chi connectivity index (χ1v) is 11.0. The molecule has 0 radical (unpaired) electrons. The SMILES string of the molecule is CNC(=O)CC(O)C(=O)N1CC=C(c2ccc(N3C[C@H](COc4ccon4)OC3=O)cc2F)CC1. The molecule has 11 nitrogen and oxygen atoms in total. The zero-order valence-corrected chi connectivity index (χ0v) is 19.0. The van der Waals surface area contributed by atoms with E-state index >= 15 is 0 Å². The summed E-state index contributed by atoms with van der Waals surface area (Å²) in [6, 6.07) is 6.01. The molecule has 0 bridgehead atoms. The minimum atomic E-state index is -1.42. The lowest BCUT2D eigenvalue weighted by atomic mass is 9.98. The molecule has 0 aliphatic carbocycles. The molecule has 12 heteroatoms. The van der Waals surface area contributed by atoms with Crippen LogP contribution in [0.25, 0.3) is 5.57 Å². The predicted molar refractivity (Wildman–Crippen MR) is 120 cm³/mol. The topological polar surface area (TPSA) is 134 Å². The highest BCUT2D eigenvalue weighted by Crippen LogP contribution is 2.30. The highest BCUT2D eigenvalue weighted by molar-refractivity contribution is 5.90. The summed E-state index contributed by atoms with van der Waals surface area (Å²) in [5.74, 6) is -1.22. The molecule has 4 rings (SSSR count). The fourth-order valence-corrected chi connectivity index (χ4v) is 3.90. The number of rotatable bonds is 8. The number of cyclic esters (lactones) is 1. The number of carbonyl (C=O) groups is 3. The largest absolute Gasteiger partial charge is 0.471 e. The number of nitrogens with zero attached hydrogens (tertiary/aromatic N) is 3. The summed E-state index contributed by atoms with van der Waals surface area (Å²) in [6.07, 6.45) is 0.560. The second-order valence-electron chi connectivity index (χ2n) is 8.09. The van der Waals surface area contributed by atoms with Gasteiger partial charge in [-0.15, -0.1) is 0 Å². The van der Waals surface area contributed by atoms with E-state index in [4.69, 9.17) is 9.47 Å². The van der Waals surface area contributed by atoms with Crippen LogP contribution in [-0.2, 0) is 14.3 Å². The van der Waals surface area contributed by atoms with Crippen LogP contribution in [0.15, 0.2) is 41.1 Å². The normalized spacial score (nSPS) is 18.7. The summed E-state index contributed by atoms with van der Waals surface area (Å²) in [6.45, 7) is 0.733. The standard InChI is InChI=1S/C23H25FN4O7/c1-25-20(30)11-19(29)22(31)27-7-4-14(5-8-27)17-3-2-15(10-18(17)24)28-12-16(35-23(28)32)13-33-21-6-9-34-26-21/h2-4,6,9-10,16,19,29H,5,7-8,11-13H2,1H3,(H,25,30)/t16-,19?/m1/s1. The average molecular weight is 488 g/mol. The van der Waals surface area contributed by atoms with Crippen LogP contribution in [0, 0.1) is 5.82 Å². The molecular weight excluding hydrogens is 463 g/mol. The van der Waals surface area contributed by atoms with Crippen LogP contribution in [0.3, 0.4) is 0 Å². The molecule has 2 aliphatic heterocycles. The van der Waals surface area contributed by atoms with Crippen LogP contribution in [0.2, 0.25) is 0 Å². The number of aromatic nitrogens is 1. The molecule has 35 heavy (non-hydrogen) atoms. The van der Waals surface area contributed by atoms with Gasteiger partial charge in [-0.1, -0.05) is 6.08 Å². The van der Waals surface area contributed by atoms with Crippen molar-refractivity contribution in [2.45, 2.75) is 25.0 Å². The summed E-state index contributed by atoms with van der Waals surface area (Å²) >= 11 is 0. The Kier molecular flexibility index (Phi) is 7.30. The van der Waals surface area contributed by atoms with E-state index in [2.05, 4.69) is 15.0 Å². The lowest BCUT2D eigenvalue weighted by molar-refractivity contribution is -0.142. The number of halogens is 1. The van der Waals surface area contributed by atoms with E-state index in [-0.39, 0.29) is 38.5 Å². The number of hydrogen-bond donors (Lipinski definition) is 2. The summed E-state index contributed by atoms with van der Waals surface area (Å²) < 4.78 is 30.3. The summed E-state index contributed by atoms with van der Waals surface area (Å²) in [5, 5.41) is 15.9. The Bertz CT molecular complexity index is 1120. The zero-order chi connectivity index (χ0) is 24.9. The highest BCUT2D eigenvalue weighted by atomic mass is 19.1. The lowest BCUT2D eigenvalue weighted by Crippen LogP contribution is -2.43. The van der Waals surface area contributed by atoms with Gasteiger partial charge in [-0.2, -0.15) is 0 Å². The van der Waals surface area contributed by atoms with E-state index in [1.165, 1.54) is 35.2 Å². The van der Waals surface area contributed by atoms with Crippen LogP contribution in [-0.4, -0.2) is 78.6 Å². The fraction of sp³-hybridized carbons (Fsp3) is 0.391. The van der Waals surface area contributed by atoms with Crippen molar-refractivity contribution < 1.29 is 37.9 Å². The van der Waals surface area contributed by atoms with Gasteiger partial charge >= 0.3 is 6.09 Å². The lowest BCUT2D eigenvalue weighted by Gasteiger charge is -2.28. The van der Waals surface area contributed by atoms with Crippen LogP contribution in [0.1, 0.15) is 18.4 Å². The van der Waals surface area contributed by atoms with Crippen LogP contribution in [0.5, 0.6) is 5.88 Å². The molecule has 1 aromatic heterocycles. The van der Waals surface area contributed by atoms with Gasteiger partial charge in [-0.3, -0.25) is 14.5 Å². The van der Waals surface area contributed by atoms with E-state index in [1.807, 2.05) is 0 Å². The molecule has 1 fully saturated rings. The van der Waals surface area contributed by atoms with Gasteiger partial charge in [0.25, 0.3) is 11.8 Å². The molecule has 1 unspecified atom stereocenters. The average Bonchev–Trinajstić information content (AvgIpc) is 3.51. The van der Waals surface area contributed by atoms with Crippen LogP contribution >= 0.6 is 0 Å². The maximum absolute atomic E-state index is 15.0. The second kappa shape index (κ2) is 10.6. The van der Waals surface area contributed by atoms with Crippen molar-refractivity contribution in [2.75, 3.05) is 38.2 Å². The first-order chi connectivity index (χ1) is 16.9. The molecule has 186 valence electrons. The third-order valence-electron chi connectivity index (χ3n) is 5.78. The molecule has 2 N–H and O–H groups in total. The van der Waals surface area contributed by atoms with Crippen molar-refractivity contribution in [2.24, 2.45) is 0 Å². The van der Waals surface area contributed by atoms with E-state index in [0.717, 1.165) is 0 Å². The highest BCUT2D eigenvalue weighted by Gasteiger charge is 2.33. The number of ether oxygens (including phenoxy) is 2. The van der Waals surface area contributed by atoms with Gasteiger partial charge in [-0.05, 0) is 35.3 Å². The van der Waals surface area contributed by atoms with Crippen molar-refractivity contribution in [1.29, 1.82) is 0 Å². The van der Waals surface area contributed by atoms with Gasteiger partial charge in [0, 0.05) is 31.8 Å². The van der Waals surface area contributed by atoms with Crippen molar-refractivity contribution in [1.82, 2.24) is 15.4 Å². The molecule has 2 aromatic rings. The van der Waals surface area contributed by atoms with Crippen LogP contribution in [0.4, 0.5) is 14.9 Å². The van der Waals surface area contributed by atoms with E-state index in [0.29, 0.717) is 23.2 Å². The van der Waals surface area contributed by atoms with E-state index < -0.39 is 35.9 Å². The number of hydrogen-bond acceptors (Lipinski definition) is 8. The molecule has 3 amide bonds. The van der Waals surface area contributed by atoms with Crippen molar-refractivity contribution >= 4 is 29.2 Å². The Balaban J connectivity index is 1.36. The maximum Gasteiger partial charge on any atom is 0.414 e. The monoisotopic (exact) mass is 488 g/mol. The Morgan fingerprint density at radius 3 is 2.86 bits per heavy atom. The summed E-state index contributed by atoms with van der Waals surface area (Å²) in [7, 11) is 1.43. The Labute approximate surface area is 200 Å². The number of anilines is 1. The van der Waals surface area contributed by atoms with Gasteiger partial charge in [0.05, 0.1) is 18.7 Å². The third-order valence-corrected chi connectivity index (χ3v) is 5.78. The first kappa shape index (κ1) is 24.2. The predicted octanol–water partition coefficient (Wildman–Crippen LogP) is 1.33. The minimum Gasteiger partial charge on any atom is -0.471 e. The van der Waals surface area contributed by atoms with Gasteiger partial charge in [-0.25, -0.2) is 9.18 Å². The van der Waals surface area contributed by atoms with Gasteiger partial charge in [0.1, 0.15) is 24.8 Å². The van der Waals surface area contributed by atoms with E-state index in [9.17, 15) is 23.9 Å². The fourth-order valence-electron chi connectivity index (χ4n) is 3.90. The van der Waals surface area contributed by atoms with Gasteiger partial charge in [0.15, 0.2) is 6.10 Å². The zero-order valence-electron chi connectivity index (χ0n) is 19.0. The third kappa shape index (κ3) is 5.60. The number of amides is 3. The van der Waals surface area contributed by atoms with Crippen molar-refractivity contribution in [3.8, 4) is 5.88 Å².